The van der Waals surface area contributed by atoms with E-state index in [1.807, 2.05) is 0 Å². The van der Waals surface area contributed by atoms with E-state index in [-0.39, 0.29) is 6.61 Å². The van der Waals surface area contributed by atoms with Crippen LogP contribution in [0.4, 0.5) is 0 Å². The first-order valence-corrected chi connectivity index (χ1v) is 8.55. The van der Waals surface area contributed by atoms with Crippen molar-refractivity contribution >= 4 is 10.4 Å². The van der Waals surface area contributed by atoms with E-state index in [0.29, 0.717) is 0 Å². The van der Waals surface area contributed by atoms with Crippen molar-refractivity contribution in [2.45, 2.75) is 65.7 Å². The lowest BCUT2D eigenvalue weighted by Crippen LogP contribution is -2.05. The molecule has 0 heterocycles. The van der Waals surface area contributed by atoms with Crippen molar-refractivity contribution < 1.29 is 17.2 Å². The second-order valence-corrected chi connectivity index (χ2v) is 5.81. The second kappa shape index (κ2) is 14.2. The molecule has 5 nitrogen and oxygen atoms in total. The van der Waals surface area contributed by atoms with Gasteiger partial charge in [0.05, 0.1) is 6.61 Å². The number of nitrogens with two attached hydrogens (primary N) is 1. The third-order valence-electron chi connectivity index (χ3n) is 2.73. The standard InChI is InChI=1S/C11H25N.C2H6O4S/c1-3-4-5-6-7-8-11(2)9-10-12;1-2-6-7(3,4)5/h11H,3-10,12H2,1-2H3;2H2,1H3,(H,3,4,5). The van der Waals surface area contributed by atoms with Gasteiger partial charge in [-0.1, -0.05) is 52.4 Å². The quantitative estimate of drug-likeness (QED) is 0.477. The maximum absolute atomic E-state index is 9.56. The van der Waals surface area contributed by atoms with E-state index >= 15 is 0 Å². The highest BCUT2D eigenvalue weighted by Crippen LogP contribution is 2.13. The van der Waals surface area contributed by atoms with Crippen LogP contribution in [0.5, 0.6) is 0 Å². The highest BCUT2D eigenvalue weighted by atomic mass is 32.3. The summed E-state index contributed by atoms with van der Waals surface area (Å²) in [4.78, 5) is 0. The molecule has 0 rings (SSSR count). The lowest BCUT2D eigenvalue weighted by molar-refractivity contribution is 0.283. The monoisotopic (exact) mass is 297 g/mol. The molecule has 0 saturated carbocycles. The summed E-state index contributed by atoms with van der Waals surface area (Å²) in [7, 11) is -4.17. The largest absolute Gasteiger partial charge is 0.397 e. The van der Waals surface area contributed by atoms with Gasteiger partial charge < -0.3 is 5.73 Å². The van der Waals surface area contributed by atoms with E-state index in [4.69, 9.17) is 10.3 Å². The summed E-state index contributed by atoms with van der Waals surface area (Å²) in [5, 5.41) is 0. The van der Waals surface area contributed by atoms with Crippen LogP contribution >= 0.6 is 0 Å². The predicted octanol–water partition coefficient (Wildman–Crippen LogP) is 3.16. The molecule has 0 radical (unpaired) electrons. The fourth-order valence-electron chi connectivity index (χ4n) is 1.67. The van der Waals surface area contributed by atoms with Crippen molar-refractivity contribution in [2.75, 3.05) is 13.2 Å². The van der Waals surface area contributed by atoms with Crippen molar-refractivity contribution in [3.63, 3.8) is 0 Å². The number of hydrogen-bond acceptors (Lipinski definition) is 4. The minimum absolute atomic E-state index is 0.0289. The minimum Gasteiger partial charge on any atom is -0.330 e. The molecule has 0 bridgehead atoms. The van der Waals surface area contributed by atoms with Crippen LogP contribution in [0.2, 0.25) is 0 Å². The predicted molar refractivity (Wildman–Crippen MR) is 79.4 cm³/mol. The Kier molecular flexibility index (Phi) is 15.8. The summed E-state index contributed by atoms with van der Waals surface area (Å²) in [6.07, 6.45) is 9.58. The first-order valence-electron chi connectivity index (χ1n) is 7.19. The molecule has 3 N–H and O–H groups in total. The molecule has 19 heavy (non-hydrogen) atoms. The summed E-state index contributed by atoms with van der Waals surface area (Å²) in [6.45, 7) is 6.87. The lowest BCUT2D eigenvalue weighted by Gasteiger charge is -2.08. The van der Waals surface area contributed by atoms with Crippen molar-refractivity contribution in [3.05, 3.63) is 0 Å². The Morgan fingerprint density at radius 2 is 1.68 bits per heavy atom. The molecule has 0 fully saturated rings. The highest BCUT2D eigenvalue weighted by Gasteiger charge is 1.99. The molecule has 0 aromatic heterocycles. The zero-order chi connectivity index (χ0) is 15.1. The van der Waals surface area contributed by atoms with Crippen molar-refractivity contribution in [2.24, 2.45) is 11.7 Å². The third kappa shape index (κ3) is 23.4. The first-order chi connectivity index (χ1) is 8.87. The number of rotatable bonds is 10. The van der Waals surface area contributed by atoms with Gasteiger partial charge in [-0.3, -0.25) is 4.55 Å². The van der Waals surface area contributed by atoms with Gasteiger partial charge in [-0.15, -0.1) is 0 Å². The molecule has 0 aliphatic carbocycles. The van der Waals surface area contributed by atoms with Gasteiger partial charge in [0.15, 0.2) is 0 Å². The van der Waals surface area contributed by atoms with E-state index in [9.17, 15) is 8.42 Å². The molecule has 0 spiro atoms. The summed E-state index contributed by atoms with van der Waals surface area (Å²) in [5.41, 5.74) is 5.48. The second-order valence-electron chi connectivity index (χ2n) is 4.72. The zero-order valence-corrected chi connectivity index (χ0v) is 13.4. The van der Waals surface area contributed by atoms with Crippen LogP contribution in [0.1, 0.15) is 65.7 Å². The van der Waals surface area contributed by atoms with Gasteiger partial charge in [0.2, 0.25) is 0 Å². The van der Waals surface area contributed by atoms with Crippen molar-refractivity contribution in [1.82, 2.24) is 0 Å². The molecular formula is C13H31NO4S. The average Bonchev–Trinajstić information content (AvgIpc) is 2.28. The van der Waals surface area contributed by atoms with E-state index in [1.54, 1.807) is 0 Å². The van der Waals surface area contributed by atoms with Gasteiger partial charge >= 0.3 is 10.4 Å². The smallest absolute Gasteiger partial charge is 0.330 e. The van der Waals surface area contributed by atoms with Crippen LogP contribution in [-0.2, 0) is 14.6 Å². The highest BCUT2D eigenvalue weighted by molar-refractivity contribution is 7.80. The van der Waals surface area contributed by atoms with E-state index in [2.05, 4.69) is 18.0 Å². The van der Waals surface area contributed by atoms with Crippen LogP contribution in [0, 0.1) is 5.92 Å². The van der Waals surface area contributed by atoms with Crippen LogP contribution in [0.15, 0.2) is 0 Å². The summed E-state index contributed by atoms with van der Waals surface area (Å²) >= 11 is 0. The fraction of sp³-hybridized carbons (Fsp3) is 1.00. The molecule has 0 saturated heterocycles. The van der Waals surface area contributed by atoms with Gasteiger partial charge in [-0.05, 0) is 25.8 Å². The molecule has 1 unspecified atom stereocenters. The molecule has 0 aliphatic heterocycles. The Hall–Kier alpha value is -0.170. The zero-order valence-electron chi connectivity index (χ0n) is 12.6. The Morgan fingerprint density at radius 3 is 2.05 bits per heavy atom. The van der Waals surface area contributed by atoms with Gasteiger partial charge in [0, 0.05) is 0 Å². The van der Waals surface area contributed by atoms with E-state index in [0.717, 1.165) is 12.5 Å². The summed E-state index contributed by atoms with van der Waals surface area (Å²) in [5.74, 6) is 0.844. The number of hydrogen-bond donors (Lipinski definition) is 2. The molecule has 1 atom stereocenters. The first kappa shape index (κ1) is 21.1. The maximum atomic E-state index is 9.56. The van der Waals surface area contributed by atoms with Crippen LogP contribution in [0.3, 0.4) is 0 Å². The normalized spacial score (nSPS) is 12.7. The average molecular weight is 297 g/mol. The minimum atomic E-state index is -4.17. The molecule has 0 aromatic carbocycles. The Labute approximate surface area is 118 Å². The van der Waals surface area contributed by atoms with Crippen molar-refractivity contribution in [1.29, 1.82) is 0 Å². The Morgan fingerprint density at radius 1 is 1.11 bits per heavy atom. The topological polar surface area (TPSA) is 89.6 Å². The van der Waals surface area contributed by atoms with Crippen LogP contribution in [0.25, 0.3) is 0 Å². The summed E-state index contributed by atoms with van der Waals surface area (Å²) in [6, 6.07) is 0. The van der Waals surface area contributed by atoms with E-state index < -0.39 is 10.4 Å². The fourth-order valence-corrected chi connectivity index (χ4v) is 1.97. The maximum Gasteiger partial charge on any atom is 0.397 e. The van der Waals surface area contributed by atoms with Gasteiger partial charge in [-0.25, -0.2) is 4.18 Å². The SMILES string of the molecule is CCCCCCCC(C)CCN.CCOS(=O)(=O)O. The Balaban J connectivity index is 0. The molecular weight excluding hydrogens is 266 g/mol. The molecule has 0 amide bonds. The molecule has 118 valence electrons. The van der Waals surface area contributed by atoms with Gasteiger partial charge in [-0.2, -0.15) is 8.42 Å². The van der Waals surface area contributed by atoms with Crippen LogP contribution in [-0.4, -0.2) is 26.1 Å². The number of unbranched alkanes of at least 4 members (excludes halogenated alkanes) is 4. The lowest BCUT2D eigenvalue weighted by atomic mass is 9.99. The summed E-state index contributed by atoms with van der Waals surface area (Å²) < 4.78 is 30.7. The Bertz CT molecular complexity index is 268. The molecule has 0 aromatic rings. The molecule has 6 heteroatoms. The molecule has 0 aliphatic rings. The third-order valence-corrected chi connectivity index (χ3v) is 3.26. The van der Waals surface area contributed by atoms with Gasteiger partial charge in [0.1, 0.15) is 0 Å². The van der Waals surface area contributed by atoms with Crippen molar-refractivity contribution in [3.8, 4) is 0 Å². The van der Waals surface area contributed by atoms with E-state index in [1.165, 1.54) is 51.9 Å². The van der Waals surface area contributed by atoms with Crippen LogP contribution < -0.4 is 5.73 Å². The van der Waals surface area contributed by atoms with Gasteiger partial charge in [0.25, 0.3) is 0 Å².